The van der Waals surface area contributed by atoms with Gasteiger partial charge in [-0.25, -0.2) is 9.37 Å². The predicted octanol–water partition coefficient (Wildman–Crippen LogP) is 4.39. The highest BCUT2D eigenvalue weighted by molar-refractivity contribution is 9.10. The van der Waals surface area contributed by atoms with E-state index in [0.717, 1.165) is 21.4 Å². The molecule has 0 bridgehead atoms. The van der Waals surface area contributed by atoms with Crippen molar-refractivity contribution in [3.05, 3.63) is 77.0 Å². The zero-order valence-corrected chi connectivity index (χ0v) is 12.7. The minimum absolute atomic E-state index is 0.238. The SMILES string of the molecule is Fc1ccc(Br)c(CNc2ccccc2-n2ccnc2)c1. The van der Waals surface area contributed by atoms with Gasteiger partial charge in [0, 0.05) is 23.4 Å². The van der Waals surface area contributed by atoms with Gasteiger partial charge in [-0.2, -0.15) is 0 Å². The van der Waals surface area contributed by atoms with Gasteiger partial charge in [-0.3, -0.25) is 0 Å². The number of hydrogen-bond acceptors (Lipinski definition) is 2. The summed E-state index contributed by atoms with van der Waals surface area (Å²) in [5, 5.41) is 3.34. The molecular formula is C16H13BrFN3. The van der Waals surface area contributed by atoms with E-state index in [2.05, 4.69) is 26.2 Å². The van der Waals surface area contributed by atoms with Crippen molar-refractivity contribution in [3.8, 4) is 5.69 Å². The van der Waals surface area contributed by atoms with Crippen molar-refractivity contribution in [2.75, 3.05) is 5.32 Å². The molecule has 2 aromatic carbocycles. The van der Waals surface area contributed by atoms with Crippen LogP contribution in [0.3, 0.4) is 0 Å². The van der Waals surface area contributed by atoms with Crippen molar-refractivity contribution < 1.29 is 4.39 Å². The molecular weight excluding hydrogens is 333 g/mol. The van der Waals surface area contributed by atoms with Crippen LogP contribution in [0, 0.1) is 5.82 Å². The first kappa shape index (κ1) is 13.8. The molecule has 0 atom stereocenters. The highest BCUT2D eigenvalue weighted by Crippen LogP contribution is 2.23. The molecule has 0 spiro atoms. The normalized spacial score (nSPS) is 10.6. The summed E-state index contributed by atoms with van der Waals surface area (Å²) in [6.07, 6.45) is 5.37. The van der Waals surface area contributed by atoms with Gasteiger partial charge in [0.25, 0.3) is 0 Å². The average Bonchev–Trinajstić information content (AvgIpc) is 3.03. The predicted molar refractivity (Wildman–Crippen MR) is 85.0 cm³/mol. The summed E-state index contributed by atoms with van der Waals surface area (Å²) < 4.78 is 16.1. The van der Waals surface area contributed by atoms with E-state index in [0.29, 0.717) is 6.54 Å². The van der Waals surface area contributed by atoms with Crippen molar-refractivity contribution in [2.45, 2.75) is 6.54 Å². The Bertz CT molecular complexity index is 741. The van der Waals surface area contributed by atoms with Crippen LogP contribution in [0.1, 0.15) is 5.56 Å². The molecule has 1 aromatic heterocycles. The lowest BCUT2D eigenvalue weighted by molar-refractivity contribution is 0.625. The van der Waals surface area contributed by atoms with Crippen LogP contribution in [0.5, 0.6) is 0 Å². The zero-order chi connectivity index (χ0) is 14.7. The first-order chi connectivity index (χ1) is 10.2. The Hall–Kier alpha value is -2.14. The number of benzene rings is 2. The van der Waals surface area contributed by atoms with Crippen LogP contribution >= 0.6 is 15.9 Å². The smallest absolute Gasteiger partial charge is 0.123 e. The van der Waals surface area contributed by atoms with E-state index >= 15 is 0 Å². The van der Waals surface area contributed by atoms with Gasteiger partial charge in [0.05, 0.1) is 17.7 Å². The summed E-state index contributed by atoms with van der Waals surface area (Å²) in [7, 11) is 0. The van der Waals surface area contributed by atoms with Gasteiger partial charge in [0.15, 0.2) is 0 Å². The largest absolute Gasteiger partial charge is 0.379 e. The van der Waals surface area contributed by atoms with Crippen molar-refractivity contribution in [2.24, 2.45) is 0 Å². The molecule has 3 aromatic rings. The Labute approximate surface area is 130 Å². The zero-order valence-electron chi connectivity index (χ0n) is 11.1. The van der Waals surface area contributed by atoms with Gasteiger partial charge >= 0.3 is 0 Å². The van der Waals surface area contributed by atoms with Crippen LogP contribution in [-0.4, -0.2) is 9.55 Å². The molecule has 0 aliphatic heterocycles. The molecule has 0 radical (unpaired) electrons. The van der Waals surface area contributed by atoms with E-state index in [1.54, 1.807) is 18.6 Å². The van der Waals surface area contributed by atoms with Gasteiger partial charge in [0.1, 0.15) is 5.82 Å². The van der Waals surface area contributed by atoms with Crippen LogP contribution < -0.4 is 5.32 Å². The van der Waals surface area contributed by atoms with Crippen LogP contribution in [-0.2, 0) is 6.54 Å². The third-order valence-electron chi connectivity index (χ3n) is 3.16. The summed E-state index contributed by atoms with van der Waals surface area (Å²) in [4.78, 5) is 4.06. The molecule has 3 rings (SSSR count). The van der Waals surface area contributed by atoms with Gasteiger partial charge < -0.3 is 9.88 Å². The molecule has 1 N–H and O–H groups in total. The Morgan fingerprint density at radius 1 is 1.19 bits per heavy atom. The fourth-order valence-corrected chi connectivity index (χ4v) is 2.51. The number of halogens is 2. The quantitative estimate of drug-likeness (QED) is 0.760. The molecule has 21 heavy (non-hydrogen) atoms. The van der Waals surface area contributed by atoms with Crippen molar-refractivity contribution in [1.29, 1.82) is 0 Å². The summed E-state index contributed by atoms with van der Waals surface area (Å²) in [5.41, 5.74) is 2.84. The number of rotatable bonds is 4. The topological polar surface area (TPSA) is 29.9 Å². The van der Waals surface area contributed by atoms with Crippen molar-refractivity contribution in [1.82, 2.24) is 9.55 Å². The lowest BCUT2D eigenvalue weighted by atomic mass is 10.2. The fraction of sp³-hybridized carbons (Fsp3) is 0.0625. The van der Waals surface area contributed by atoms with Gasteiger partial charge in [-0.1, -0.05) is 28.1 Å². The number of para-hydroxylation sites is 2. The van der Waals surface area contributed by atoms with E-state index in [1.807, 2.05) is 35.0 Å². The fourth-order valence-electron chi connectivity index (χ4n) is 2.12. The third-order valence-corrected chi connectivity index (χ3v) is 3.94. The molecule has 0 fully saturated rings. The molecule has 106 valence electrons. The summed E-state index contributed by atoms with van der Waals surface area (Å²) in [5.74, 6) is -0.238. The molecule has 0 saturated heterocycles. The average molecular weight is 346 g/mol. The van der Waals surface area contributed by atoms with Crippen molar-refractivity contribution >= 4 is 21.6 Å². The lowest BCUT2D eigenvalue weighted by Gasteiger charge is -2.13. The molecule has 1 heterocycles. The van der Waals surface area contributed by atoms with Crippen LogP contribution in [0.4, 0.5) is 10.1 Å². The summed E-state index contributed by atoms with van der Waals surface area (Å²) >= 11 is 3.44. The van der Waals surface area contributed by atoms with Crippen LogP contribution in [0.2, 0.25) is 0 Å². The van der Waals surface area contributed by atoms with Gasteiger partial charge in [-0.05, 0) is 35.9 Å². The molecule has 0 unspecified atom stereocenters. The second kappa shape index (κ2) is 6.10. The maximum absolute atomic E-state index is 13.3. The Morgan fingerprint density at radius 3 is 2.86 bits per heavy atom. The molecule has 0 aliphatic carbocycles. The maximum atomic E-state index is 13.3. The third kappa shape index (κ3) is 3.13. The molecule has 3 nitrogen and oxygen atoms in total. The highest BCUT2D eigenvalue weighted by Gasteiger charge is 2.05. The highest BCUT2D eigenvalue weighted by atomic mass is 79.9. The standard InChI is InChI=1S/C16H13BrFN3/c17-14-6-5-13(18)9-12(14)10-20-15-3-1-2-4-16(15)21-8-7-19-11-21/h1-9,11,20H,10H2. The molecule has 5 heteroatoms. The van der Waals surface area contributed by atoms with E-state index in [9.17, 15) is 4.39 Å². The first-order valence-electron chi connectivity index (χ1n) is 6.49. The van der Waals surface area contributed by atoms with Gasteiger partial charge in [-0.15, -0.1) is 0 Å². The molecule has 0 saturated carbocycles. The first-order valence-corrected chi connectivity index (χ1v) is 7.28. The number of anilines is 1. The maximum Gasteiger partial charge on any atom is 0.123 e. The van der Waals surface area contributed by atoms with E-state index in [-0.39, 0.29) is 5.82 Å². The minimum atomic E-state index is -0.238. The van der Waals surface area contributed by atoms with E-state index in [1.165, 1.54) is 12.1 Å². The van der Waals surface area contributed by atoms with Gasteiger partial charge in [0.2, 0.25) is 0 Å². The molecule has 0 amide bonds. The number of nitrogens with zero attached hydrogens (tertiary/aromatic N) is 2. The van der Waals surface area contributed by atoms with E-state index in [4.69, 9.17) is 0 Å². The number of hydrogen-bond donors (Lipinski definition) is 1. The lowest BCUT2D eigenvalue weighted by Crippen LogP contribution is -2.04. The Balaban J connectivity index is 1.84. The second-order valence-electron chi connectivity index (χ2n) is 4.58. The Morgan fingerprint density at radius 2 is 2.05 bits per heavy atom. The summed E-state index contributed by atoms with van der Waals surface area (Å²) in [6.45, 7) is 0.532. The molecule has 0 aliphatic rings. The number of imidazole rings is 1. The monoisotopic (exact) mass is 345 g/mol. The second-order valence-corrected chi connectivity index (χ2v) is 5.43. The summed E-state index contributed by atoms with van der Waals surface area (Å²) in [6, 6.07) is 12.6. The number of nitrogens with one attached hydrogen (secondary N) is 1. The minimum Gasteiger partial charge on any atom is -0.379 e. The van der Waals surface area contributed by atoms with Crippen molar-refractivity contribution in [3.63, 3.8) is 0 Å². The van der Waals surface area contributed by atoms with Crippen LogP contribution in [0.25, 0.3) is 5.69 Å². The Kier molecular flexibility index (Phi) is 4.01. The number of aromatic nitrogens is 2. The van der Waals surface area contributed by atoms with E-state index < -0.39 is 0 Å². The van der Waals surface area contributed by atoms with Crippen LogP contribution in [0.15, 0.2) is 65.7 Å².